The molecule has 2 nitrogen and oxygen atoms in total. The Hall–Kier alpha value is 0.110. The quantitative estimate of drug-likeness (QED) is 0.664. The number of amides is 1. The Morgan fingerprint density at radius 2 is 2.46 bits per heavy atom. The van der Waals surface area contributed by atoms with Crippen molar-refractivity contribution in [2.24, 2.45) is 5.92 Å². The summed E-state index contributed by atoms with van der Waals surface area (Å²) >= 11 is 7.58. The summed E-state index contributed by atoms with van der Waals surface area (Å²) < 4.78 is 0. The van der Waals surface area contributed by atoms with Crippen LogP contribution < -0.4 is 0 Å². The number of carbonyl (C=O) groups excluding carboxylic acids is 1. The van der Waals surface area contributed by atoms with E-state index in [1.54, 1.807) is 0 Å². The van der Waals surface area contributed by atoms with Crippen molar-refractivity contribution in [1.29, 1.82) is 0 Å². The first-order valence-corrected chi connectivity index (χ1v) is 6.30. The minimum Gasteiger partial charge on any atom is -0.338 e. The molecule has 2 unspecified atom stereocenters. The van der Waals surface area contributed by atoms with Crippen LogP contribution in [-0.2, 0) is 4.79 Å². The van der Waals surface area contributed by atoms with E-state index in [1.165, 1.54) is 0 Å². The van der Waals surface area contributed by atoms with Gasteiger partial charge in [-0.3, -0.25) is 4.79 Å². The van der Waals surface area contributed by atoms with Gasteiger partial charge in [-0.25, -0.2) is 0 Å². The molecular formula is C9H16ClNOS. The van der Waals surface area contributed by atoms with E-state index in [2.05, 4.69) is 6.92 Å². The molecular weight excluding hydrogens is 206 g/mol. The van der Waals surface area contributed by atoms with Crippen molar-refractivity contribution in [3.8, 4) is 0 Å². The lowest BCUT2D eigenvalue weighted by atomic mass is 10.1. The molecule has 1 saturated heterocycles. The first kappa shape index (κ1) is 11.2. The first-order valence-electron chi connectivity index (χ1n) is 4.61. The van der Waals surface area contributed by atoms with Crippen LogP contribution in [0.4, 0.5) is 0 Å². The number of hydrogen-bond donors (Lipinski definition) is 0. The van der Waals surface area contributed by atoms with E-state index in [0.29, 0.717) is 11.9 Å². The van der Waals surface area contributed by atoms with Crippen LogP contribution in [0.1, 0.15) is 13.8 Å². The predicted molar refractivity (Wildman–Crippen MR) is 58.4 cm³/mol. The molecule has 1 aliphatic rings. The lowest BCUT2D eigenvalue weighted by molar-refractivity contribution is -0.135. The summed E-state index contributed by atoms with van der Waals surface area (Å²) in [7, 11) is 0. The molecule has 0 N–H and O–H groups in total. The standard InChI is InChI=1S/C9H16ClNOS/c1-7(5-10)9(12)11-3-4-13-6-8(11)2/h7-8H,3-6H2,1-2H3. The van der Waals surface area contributed by atoms with Gasteiger partial charge in [0.15, 0.2) is 0 Å². The number of halogens is 1. The normalized spacial score (nSPS) is 25.8. The lowest BCUT2D eigenvalue weighted by Crippen LogP contribution is -2.46. The molecule has 0 spiro atoms. The van der Waals surface area contributed by atoms with Crippen LogP contribution in [0.2, 0.25) is 0 Å². The highest BCUT2D eigenvalue weighted by molar-refractivity contribution is 7.99. The molecule has 0 bridgehead atoms. The Morgan fingerprint density at radius 3 is 3.00 bits per heavy atom. The van der Waals surface area contributed by atoms with Gasteiger partial charge in [0, 0.05) is 35.9 Å². The van der Waals surface area contributed by atoms with Crippen molar-refractivity contribution < 1.29 is 4.79 Å². The molecule has 76 valence electrons. The maximum Gasteiger partial charge on any atom is 0.226 e. The molecule has 4 heteroatoms. The number of alkyl halides is 1. The van der Waals surface area contributed by atoms with Gasteiger partial charge in [0.2, 0.25) is 5.91 Å². The maximum absolute atomic E-state index is 11.8. The highest BCUT2D eigenvalue weighted by Gasteiger charge is 2.26. The van der Waals surface area contributed by atoms with Crippen LogP contribution in [0.15, 0.2) is 0 Å². The summed E-state index contributed by atoms with van der Waals surface area (Å²) in [6, 6.07) is 0.372. The van der Waals surface area contributed by atoms with E-state index in [0.717, 1.165) is 18.1 Å². The highest BCUT2D eigenvalue weighted by atomic mass is 35.5. The number of rotatable bonds is 2. The summed E-state index contributed by atoms with van der Waals surface area (Å²) in [4.78, 5) is 13.7. The zero-order valence-corrected chi connectivity index (χ0v) is 9.70. The van der Waals surface area contributed by atoms with E-state index >= 15 is 0 Å². The molecule has 1 aliphatic heterocycles. The van der Waals surface area contributed by atoms with Crippen LogP contribution in [-0.4, -0.2) is 40.8 Å². The largest absolute Gasteiger partial charge is 0.338 e. The number of nitrogens with zero attached hydrogens (tertiary/aromatic N) is 1. The van der Waals surface area contributed by atoms with Crippen molar-refractivity contribution in [2.45, 2.75) is 19.9 Å². The molecule has 0 aromatic carbocycles. The second-order valence-corrected chi connectivity index (χ2v) is 4.97. The Morgan fingerprint density at radius 1 is 1.77 bits per heavy atom. The number of hydrogen-bond acceptors (Lipinski definition) is 2. The molecule has 1 fully saturated rings. The van der Waals surface area contributed by atoms with Gasteiger partial charge >= 0.3 is 0 Å². The fourth-order valence-electron chi connectivity index (χ4n) is 1.40. The van der Waals surface area contributed by atoms with Crippen molar-refractivity contribution in [1.82, 2.24) is 4.90 Å². The molecule has 2 atom stereocenters. The van der Waals surface area contributed by atoms with Crippen LogP contribution in [0.5, 0.6) is 0 Å². The monoisotopic (exact) mass is 221 g/mol. The summed E-state index contributed by atoms with van der Waals surface area (Å²) in [5, 5.41) is 0. The van der Waals surface area contributed by atoms with Gasteiger partial charge in [0.25, 0.3) is 0 Å². The van der Waals surface area contributed by atoms with Crippen LogP contribution in [0.3, 0.4) is 0 Å². The summed E-state index contributed by atoms with van der Waals surface area (Å²) in [6.07, 6.45) is 0. The van der Waals surface area contributed by atoms with Gasteiger partial charge < -0.3 is 4.90 Å². The molecule has 0 radical (unpaired) electrons. The molecule has 1 amide bonds. The van der Waals surface area contributed by atoms with E-state index in [1.807, 2.05) is 23.6 Å². The molecule has 1 heterocycles. The smallest absolute Gasteiger partial charge is 0.226 e. The lowest BCUT2D eigenvalue weighted by Gasteiger charge is -2.34. The molecule has 0 aromatic heterocycles. The van der Waals surface area contributed by atoms with Gasteiger partial charge in [0.05, 0.1) is 0 Å². The highest BCUT2D eigenvalue weighted by Crippen LogP contribution is 2.18. The Balaban J connectivity index is 2.53. The molecule has 1 rings (SSSR count). The third-order valence-corrected chi connectivity index (χ3v) is 3.96. The van der Waals surface area contributed by atoms with E-state index in [-0.39, 0.29) is 11.8 Å². The topological polar surface area (TPSA) is 20.3 Å². The van der Waals surface area contributed by atoms with E-state index < -0.39 is 0 Å². The average molecular weight is 222 g/mol. The third kappa shape index (κ3) is 2.78. The summed E-state index contributed by atoms with van der Waals surface area (Å²) in [6.45, 7) is 4.88. The minimum absolute atomic E-state index is 0.0350. The Bertz CT molecular complexity index is 188. The average Bonchev–Trinajstić information content (AvgIpc) is 2.16. The molecule has 13 heavy (non-hydrogen) atoms. The minimum atomic E-state index is -0.0350. The number of thioether (sulfide) groups is 1. The molecule has 0 saturated carbocycles. The van der Waals surface area contributed by atoms with Gasteiger partial charge in [-0.1, -0.05) is 6.92 Å². The van der Waals surface area contributed by atoms with Crippen molar-refractivity contribution >= 4 is 29.3 Å². The first-order chi connectivity index (χ1) is 6.16. The zero-order valence-electron chi connectivity index (χ0n) is 8.12. The van der Waals surface area contributed by atoms with Gasteiger partial charge in [-0.05, 0) is 6.92 Å². The third-order valence-electron chi connectivity index (χ3n) is 2.30. The second kappa shape index (κ2) is 5.11. The fourth-order valence-corrected chi connectivity index (χ4v) is 2.55. The van der Waals surface area contributed by atoms with E-state index in [4.69, 9.17) is 11.6 Å². The number of carbonyl (C=O) groups is 1. The summed E-state index contributed by atoms with van der Waals surface area (Å²) in [5.74, 6) is 2.72. The van der Waals surface area contributed by atoms with Crippen LogP contribution in [0.25, 0.3) is 0 Å². The van der Waals surface area contributed by atoms with Crippen molar-refractivity contribution in [3.63, 3.8) is 0 Å². The van der Waals surface area contributed by atoms with Crippen LogP contribution >= 0.6 is 23.4 Å². The maximum atomic E-state index is 11.8. The Kier molecular flexibility index (Phi) is 4.39. The van der Waals surface area contributed by atoms with Crippen molar-refractivity contribution in [2.75, 3.05) is 23.9 Å². The molecule has 0 aromatic rings. The Labute approximate surface area is 89.0 Å². The van der Waals surface area contributed by atoms with Gasteiger partial charge in [-0.2, -0.15) is 11.8 Å². The SMILES string of the molecule is CC(CCl)C(=O)N1CCSCC1C. The van der Waals surface area contributed by atoms with Crippen molar-refractivity contribution in [3.05, 3.63) is 0 Å². The van der Waals surface area contributed by atoms with Gasteiger partial charge in [-0.15, -0.1) is 11.6 Å². The van der Waals surface area contributed by atoms with Crippen LogP contribution in [0, 0.1) is 5.92 Å². The predicted octanol–water partition coefficient (Wildman–Crippen LogP) is 1.83. The fraction of sp³-hybridized carbons (Fsp3) is 0.889. The zero-order chi connectivity index (χ0) is 9.84. The van der Waals surface area contributed by atoms with Gasteiger partial charge in [0.1, 0.15) is 0 Å². The second-order valence-electron chi connectivity index (χ2n) is 3.51. The van der Waals surface area contributed by atoms with E-state index in [9.17, 15) is 4.79 Å². The molecule has 0 aliphatic carbocycles. The summed E-state index contributed by atoms with van der Waals surface area (Å²) in [5.41, 5.74) is 0.